The number of carbonyl (C=O) groups excluding carboxylic acids is 1. The Labute approximate surface area is 233 Å². The van der Waals surface area contributed by atoms with Gasteiger partial charge in [0, 0.05) is 68.7 Å². The average molecular weight is 542 g/mol. The van der Waals surface area contributed by atoms with Crippen LogP contribution >= 0.6 is 0 Å². The van der Waals surface area contributed by atoms with Crippen LogP contribution in [0.15, 0.2) is 54.7 Å². The van der Waals surface area contributed by atoms with Crippen LogP contribution in [0.25, 0.3) is 10.9 Å². The Morgan fingerprint density at radius 2 is 2.15 bits per heavy atom. The van der Waals surface area contributed by atoms with Gasteiger partial charge in [0.15, 0.2) is 6.29 Å². The van der Waals surface area contributed by atoms with Crippen LogP contribution in [0.2, 0.25) is 0 Å². The molecule has 10 heteroatoms. The van der Waals surface area contributed by atoms with E-state index in [1.165, 1.54) is 12.3 Å². The van der Waals surface area contributed by atoms with Crippen molar-refractivity contribution >= 4 is 33.9 Å². The topological polar surface area (TPSA) is 127 Å². The number of benzene rings is 2. The van der Waals surface area contributed by atoms with Crippen LogP contribution in [0, 0.1) is 23.7 Å². The molecule has 3 N–H and O–H groups in total. The van der Waals surface area contributed by atoms with Crippen LogP contribution in [0.1, 0.15) is 17.5 Å². The number of terminal acetylenes is 1. The number of pyridine rings is 1. The highest BCUT2D eigenvalue weighted by molar-refractivity contribution is 6.04. The highest BCUT2D eigenvalue weighted by Gasteiger charge is 2.21. The van der Waals surface area contributed by atoms with Crippen molar-refractivity contribution in [2.75, 3.05) is 51.2 Å². The first-order valence-corrected chi connectivity index (χ1v) is 12.7. The van der Waals surface area contributed by atoms with Crippen molar-refractivity contribution in [1.29, 1.82) is 5.26 Å². The second-order valence-electron chi connectivity index (χ2n) is 8.93. The second kappa shape index (κ2) is 14.1. The number of nitrogens with zero attached hydrogens (tertiary/aromatic N) is 2. The van der Waals surface area contributed by atoms with Crippen molar-refractivity contribution < 1.29 is 23.7 Å². The fourth-order valence-corrected chi connectivity index (χ4v) is 4.14. The van der Waals surface area contributed by atoms with Crippen molar-refractivity contribution in [2.24, 2.45) is 0 Å². The first kappa shape index (κ1) is 28.6. The summed E-state index contributed by atoms with van der Waals surface area (Å²) in [6.07, 6.45) is 10.4. The summed E-state index contributed by atoms with van der Waals surface area (Å²) in [5.74, 6) is 2.73. The van der Waals surface area contributed by atoms with E-state index in [0.29, 0.717) is 71.1 Å². The smallest absolute Gasteiger partial charge is 0.248 e. The van der Waals surface area contributed by atoms with Gasteiger partial charge in [0.2, 0.25) is 5.91 Å². The number of methoxy groups -OCH3 is 2. The molecular weight excluding hydrogens is 510 g/mol. The molecule has 2 aromatic carbocycles. The summed E-state index contributed by atoms with van der Waals surface area (Å²) in [6.45, 7) is 1.98. The van der Waals surface area contributed by atoms with Crippen LogP contribution in [0.5, 0.6) is 5.75 Å². The molecule has 1 atom stereocenters. The molecule has 1 unspecified atom stereocenters. The highest BCUT2D eigenvalue weighted by atomic mass is 16.7. The number of anilines is 3. The Hall–Kier alpha value is -4.45. The molecule has 10 nitrogen and oxygen atoms in total. The zero-order valence-corrected chi connectivity index (χ0v) is 22.4. The summed E-state index contributed by atoms with van der Waals surface area (Å²) in [5.41, 5.74) is 3.33. The molecule has 0 radical (unpaired) electrons. The molecule has 1 saturated heterocycles. The zero-order chi connectivity index (χ0) is 28.3. The molecule has 0 aliphatic carbocycles. The van der Waals surface area contributed by atoms with Crippen LogP contribution < -0.4 is 20.7 Å². The van der Waals surface area contributed by atoms with Crippen LogP contribution in [-0.4, -0.2) is 63.8 Å². The third-order valence-corrected chi connectivity index (χ3v) is 6.20. The third kappa shape index (κ3) is 7.35. The Morgan fingerprint density at radius 3 is 2.88 bits per heavy atom. The van der Waals surface area contributed by atoms with Gasteiger partial charge in [-0.3, -0.25) is 9.78 Å². The lowest BCUT2D eigenvalue weighted by molar-refractivity contribution is -0.111. The fraction of sp³-hybridized carbons (Fsp3) is 0.300. The van der Waals surface area contributed by atoms with E-state index in [9.17, 15) is 10.1 Å². The molecule has 0 bridgehead atoms. The molecule has 1 amide bonds. The predicted octanol–water partition coefficient (Wildman–Crippen LogP) is 3.70. The number of nitrogens with one attached hydrogen (secondary N) is 3. The molecule has 40 heavy (non-hydrogen) atoms. The highest BCUT2D eigenvalue weighted by Crippen LogP contribution is 2.37. The van der Waals surface area contributed by atoms with Gasteiger partial charge in [0.25, 0.3) is 0 Å². The molecule has 1 aliphatic heterocycles. The normalized spacial score (nSPS) is 14.8. The Balaban J connectivity index is 1.64. The average Bonchev–Trinajstić information content (AvgIpc) is 3.49. The van der Waals surface area contributed by atoms with Gasteiger partial charge in [0.1, 0.15) is 17.9 Å². The third-order valence-electron chi connectivity index (χ3n) is 6.20. The van der Waals surface area contributed by atoms with E-state index in [2.05, 4.69) is 32.9 Å². The molecule has 206 valence electrons. The maximum absolute atomic E-state index is 12.9. The summed E-state index contributed by atoms with van der Waals surface area (Å²) in [4.78, 5) is 17.3. The van der Waals surface area contributed by atoms with E-state index in [-0.39, 0.29) is 18.3 Å². The van der Waals surface area contributed by atoms with Crippen LogP contribution in [-0.2, 0) is 19.0 Å². The van der Waals surface area contributed by atoms with Crippen molar-refractivity contribution in [3.8, 4) is 24.2 Å². The van der Waals surface area contributed by atoms with Gasteiger partial charge in [-0.05, 0) is 24.3 Å². The van der Waals surface area contributed by atoms with Gasteiger partial charge in [-0.1, -0.05) is 18.1 Å². The van der Waals surface area contributed by atoms with E-state index >= 15 is 0 Å². The molecule has 1 aromatic heterocycles. The summed E-state index contributed by atoms with van der Waals surface area (Å²) in [7, 11) is 3.12. The number of hydrogen-bond acceptors (Lipinski definition) is 9. The van der Waals surface area contributed by atoms with Gasteiger partial charge in [0.05, 0.1) is 35.7 Å². The van der Waals surface area contributed by atoms with Crippen LogP contribution in [0.4, 0.5) is 17.1 Å². The number of ether oxygens (including phenoxy) is 4. The number of hydrogen-bond donors (Lipinski definition) is 3. The molecule has 4 rings (SSSR count). The number of amides is 1. The number of aromatic nitrogens is 1. The number of nitriles is 1. The van der Waals surface area contributed by atoms with Crippen molar-refractivity contribution in [3.63, 3.8) is 0 Å². The number of rotatable bonds is 12. The first-order chi connectivity index (χ1) is 19.5. The van der Waals surface area contributed by atoms with E-state index in [0.717, 1.165) is 6.42 Å². The second-order valence-corrected chi connectivity index (χ2v) is 8.93. The first-order valence-electron chi connectivity index (χ1n) is 12.7. The maximum atomic E-state index is 12.9. The van der Waals surface area contributed by atoms with Gasteiger partial charge < -0.3 is 34.9 Å². The molecule has 0 spiro atoms. The Bertz CT molecular complexity index is 1450. The largest absolute Gasteiger partial charge is 0.486 e. The Morgan fingerprint density at radius 1 is 1.30 bits per heavy atom. The summed E-state index contributed by atoms with van der Waals surface area (Å²) < 4.78 is 21.9. The molecular formula is C30H31N5O5. The lowest BCUT2D eigenvalue weighted by Gasteiger charge is -2.18. The lowest BCUT2D eigenvalue weighted by atomic mass is 10.1. The minimum Gasteiger partial charge on any atom is -0.486 e. The SMILES string of the molecule is C#Cc1cccc(Nc2c(C#N)cnc3cc(OC4CCOC4)c(NC(=O)/C=C/CNCC(OC)OC)cc23)c1. The standard InChI is InChI=1S/C30H31N5O5/c1-4-20-7-5-8-22(13-20)34-30-21(16-31)17-33-25-15-27(40-23-10-12-39-19-23)26(14-24(25)30)35-28(36)9-6-11-32-18-29(37-2)38-3/h1,5-9,13-15,17,23,29,32H,10-12,18-19H2,2-3H3,(H,33,34)(H,35,36)/b9-6+. The predicted molar refractivity (Wildman–Crippen MR) is 152 cm³/mol. The van der Waals surface area contributed by atoms with Crippen molar-refractivity contribution in [3.05, 3.63) is 65.9 Å². The maximum Gasteiger partial charge on any atom is 0.248 e. The van der Waals surface area contributed by atoms with Gasteiger partial charge in [-0.25, -0.2) is 0 Å². The monoisotopic (exact) mass is 541 g/mol. The summed E-state index contributed by atoms with van der Waals surface area (Å²) >= 11 is 0. The van der Waals surface area contributed by atoms with Crippen LogP contribution in [0.3, 0.4) is 0 Å². The quantitative estimate of drug-likeness (QED) is 0.136. The zero-order valence-electron chi connectivity index (χ0n) is 22.4. The number of fused-ring (bicyclic) bond motifs is 1. The van der Waals surface area contributed by atoms with Crippen molar-refractivity contribution in [2.45, 2.75) is 18.8 Å². The molecule has 2 heterocycles. The fourth-order valence-electron chi connectivity index (χ4n) is 4.14. The minimum absolute atomic E-state index is 0.148. The van der Waals surface area contributed by atoms with E-state index in [1.54, 1.807) is 32.4 Å². The summed E-state index contributed by atoms with van der Waals surface area (Å²) in [6, 6.07) is 13.0. The number of carbonyl (C=O) groups is 1. The molecule has 0 saturated carbocycles. The van der Waals surface area contributed by atoms with E-state index < -0.39 is 0 Å². The Kier molecular flexibility index (Phi) is 10.1. The minimum atomic E-state index is -0.372. The van der Waals surface area contributed by atoms with Gasteiger partial charge >= 0.3 is 0 Å². The summed E-state index contributed by atoms with van der Waals surface area (Å²) in [5, 5.41) is 19.8. The van der Waals surface area contributed by atoms with Crippen molar-refractivity contribution in [1.82, 2.24) is 10.3 Å². The van der Waals surface area contributed by atoms with Gasteiger partial charge in [-0.15, -0.1) is 6.42 Å². The lowest BCUT2D eigenvalue weighted by Crippen LogP contribution is -2.29. The molecule has 3 aromatic rings. The molecule has 1 fully saturated rings. The van der Waals surface area contributed by atoms with Gasteiger partial charge in [-0.2, -0.15) is 5.26 Å². The van der Waals surface area contributed by atoms with E-state index in [1.807, 2.05) is 24.3 Å². The van der Waals surface area contributed by atoms with E-state index in [4.69, 9.17) is 25.4 Å². The molecule has 1 aliphatic rings.